The van der Waals surface area contributed by atoms with E-state index in [-0.39, 0.29) is 17.0 Å². The first-order chi connectivity index (χ1) is 19.9. The molecule has 4 N–H and O–H groups in total. The van der Waals surface area contributed by atoms with Crippen molar-refractivity contribution in [1.29, 1.82) is 0 Å². The molecule has 1 aliphatic rings. The van der Waals surface area contributed by atoms with Crippen molar-refractivity contribution in [3.63, 3.8) is 0 Å². The number of nitrogens with one attached hydrogen (secondary N) is 2. The molecule has 5 rings (SSSR count). The maximum atomic E-state index is 13.8. The number of rotatable bonds is 8. The molecule has 11 heteroatoms. The Hall–Kier alpha value is -4.61. The average molecular weight is 572 g/mol. The number of hydrogen-bond acceptors (Lipinski definition) is 9. The number of amides is 2. The number of ether oxygens (including phenoxy) is 2. The number of methoxy groups -OCH3 is 1. The molecule has 0 atom stereocenters. The number of fused-ring (bicyclic) bond motifs is 3. The van der Waals surface area contributed by atoms with Crippen molar-refractivity contribution in [2.24, 2.45) is 5.73 Å². The quantitative estimate of drug-likeness (QED) is 0.263. The molecule has 10 nitrogen and oxygen atoms in total. The standard InChI is InChI=1S/C30H29N5O5S/c1-3-10-32-29(37)23-6-5-19(26(34-23)30(38)39-2)20-14-24-22(27-18(8-11-40-24)9-12-41-27)13-21(20)28(36)35-25-7-4-17(15-31)16-33-25/h4-7,9,12-14,16H,3,8,10-11,15,31H2,1-2H3,(H,32,37)(H,33,35,36). The number of nitrogens with two attached hydrogens (primary N) is 1. The molecule has 0 unspecified atom stereocenters. The predicted octanol–water partition coefficient (Wildman–Crippen LogP) is 4.44. The maximum Gasteiger partial charge on any atom is 0.357 e. The van der Waals surface area contributed by atoms with Crippen LogP contribution in [0, 0.1) is 0 Å². The maximum absolute atomic E-state index is 13.8. The summed E-state index contributed by atoms with van der Waals surface area (Å²) in [6.45, 7) is 3.19. The van der Waals surface area contributed by atoms with Crippen molar-refractivity contribution >= 4 is 34.9 Å². The molecule has 0 fully saturated rings. The van der Waals surface area contributed by atoms with Gasteiger partial charge in [0.25, 0.3) is 11.8 Å². The summed E-state index contributed by atoms with van der Waals surface area (Å²) in [5, 5.41) is 7.62. The van der Waals surface area contributed by atoms with Crippen molar-refractivity contribution in [3.8, 4) is 27.3 Å². The lowest BCUT2D eigenvalue weighted by atomic mass is 9.93. The van der Waals surface area contributed by atoms with Crippen LogP contribution in [0.4, 0.5) is 5.82 Å². The second-order valence-electron chi connectivity index (χ2n) is 9.32. The van der Waals surface area contributed by atoms with Crippen molar-refractivity contribution < 1.29 is 23.9 Å². The highest BCUT2D eigenvalue weighted by Gasteiger charge is 2.27. The Kier molecular flexibility index (Phi) is 8.37. The van der Waals surface area contributed by atoms with Gasteiger partial charge in [0.2, 0.25) is 0 Å². The van der Waals surface area contributed by atoms with Gasteiger partial charge in [-0.25, -0.2) is 14.8 Å². The van der Waals surface area contributed by atoms with E-state index in [1.807, 2.05) is 12.3 Å². The van der Waals surface area contributed by atoms with E-state index in [0.717, 1.165) is 34.4 Å². The largest absolute Gasteiger partial charge is 0.493 e. The number of nitrogens with zero attached hydrogens (tertiary/aromatic N) is 2. The Morgan fingerprint density at radius 1 is 1.07 bits per heavy atom. The molecule has 1 aliphatic heterocycles. The monoisotopic (exact) mass is 571 g/mol. The fraction of sp³-hybridized carbons (Fsp3) is 0.233. The number of esters is 1. The van der Waals surface area contributed by atoms with E-state index in [1.165, 1.54) is 13.2 Å². The van der Waals surface area contributed by atoms with Gasteiger partial charge in [0.1, 0.15) is 17.3 Å². The number of carbonyl (C=O) groups is 3. The molecule has 0 saturated carbocycles. The zero-order valence-corrected chi connectivity index (χ0v) is 23.5. The second kappa shape index (κ2) is 12.3. The van der Waals surface area contributed by atoms with E-state index >= 15 is 0 Å². The zero-order valence-electron chi connectivity index (χ0n) is 22.7. The Labute approximate surface area is 240 Å². The van der Waals surface area contributed by atoms with E-state index in [9.17, 15) is 14.4 Å². The third kappa shape index (κ3) is 5.81. The van der Waals surface area contributed by atoms with Gasteiger partial charge < -0.3 is 25.8 Å². The number of benzene rings is 1. The molecule has 41 heavy (non-hydrogen) atoms. The van der Waals surface area contributed by atoms with Crippen LogP contribution in [-0.2, 0) is 17.7 Å². The highest BCUT2D eigenvalue weighted by atomic mass is 32.1. The van der Waals surface area contributed by atoms with E-state index in [2.05, 4.69) is 26.7 Å². The van der Waals surface area contributed by atoms with Crippen LogP contribution < -0.4 is 21.1 Å². The highest BCUT2D eigenvalue weighted by Crippen LogP contribution is 2.43. The van der Waals surface area contributed by atoms with E-state index in [1.54, 1.807) is 47.9 Å². The SMILES string of the molecule is CCCNC(=O)c1ccc(-c2cc3c(cc2C(=O)Nc2ccc(CN)cn2)-c2sccc2CCO3)c(C(=O)OC)n1. The number of carbonyl (C=O) groups excluding carboxylic acids is 3. The number of anilines is 1. The molecule has 4 aromatic rings. The third-order valence-corrected chi connectivity index (χ3v) is 7.61. The van der Waals surface area contributed by atoms with Gasteiger partial charge in [-0.3, -0.25) is 9.59 Å². The first-order valence-corrected chi connectivity index (χ1v) is 14.0. The lowest BCUT2D eigenvalue weighted by molar-refractivity contribution is 0.0594. The van der Waals surface area contributed by atoms with E-state index in [4.69, 9.17) is 15.2 Å². The number of pyridine rings is 2. The normalized spacial score (nSPS) is 11.9. The van der Waals surface area contributed by atoms with Gasteiger partial charge in [-0.1, -0.05) is 13.0 Å². The minimum absolute atomic E-state index is 0.0621. The Morgan fingerprint density at radius 3 is 2.66 bits per heavy atom. The fourth-order valence-electron chi connectivity index (χ4n) is 4.51. The lowest BCUT2D eigenvalue weighted by Crippen LogP contribution is -2.26. The number of thiophene rings is 1. The summed E-state index contributed by atoms with van der Waals surface area (Å²) in [5.41, 5.74) is 9.37. The van der Waals surface area contributed by atoms with E-state index < -0.39 is 17.8 Å². The smallest absolute Gasteiger partial charge is 0.357 e. The Morgan fingerprint density at radius 2 is 1.93 bits per heavy atom. The fourth-order valence-corrected chi connectivity index (χ4v) is 5.49. The molecule has 210 valence electrons. The molecule has 1 aromatic carbocycles. The summed E-state index contributed by atoms with van der Waals surface area (Å²) < 4.78 is 11.1. The number of hydrogen-bond donors (Lipinski definition) is 3. The van der Waals surface area contributed by atoms with Crippen LogP contribution in [0.15, 0.2) is 54.0 Å². The first kappa shape index (κ1) is 27.9. The van der Waals surface area contributed by atoms with Gasteiger partial charge in [-0.05, 0) is 59.3 Å². The summed E-state index contributed by atoms with van der Waals surface area (Å²) in [7, 11) is 1.24. The third-order valence-electron chi connectivity index (χ3n) is 6.62. The van der Waals surface area contributed by atoms with Gasteiger partial charge in [0, 0.05) is 52.8 Å². The van der Waals surface area contributed by atoms with Crippen molar-refractivity contribution in [3.05, 3.63) is 82.1 Å². The Balaban J connectivity index is 1.66. The summed E-state index contributed by atoms with van der Waals surface area (Å²) >= 11 is 1.57. The highest BCUT2D eigenvalue weighted by molar-refractivity contribution is 7.13. The van der Waals surface area contributed by atoms with Crippen LogP contribution in [0.1, 0.15) is 55.8 Å². The predicted molar refractivity (Wildman–Crippen MR) is 156 cm³/mol. The van der Waals surface area contributed by atoms with Gasteiger partial charge >= 0.3 is 5.97 Å². The van der Waals surface area contributed by atoms with Gasteiger partial charge in [0.15, 0.2) is 5.69 Å². The van der Waals surface area contributed by atoms with Crippen LogP contribution in [0.5, 0.6) is 5.75 Å². The minimum Gasteiger partial charge on any atom is -0.493 e. The van der Waals surface area contributed by atoms with Gasteiger partial charge in [-0.15, -0.1) is 11.3 Å². The molecule has 4 heterocycles. The summed E-state index contributed by atoms with van der Waals surface area (Å²) in [6, 6.07) is 12.1. The van der Waals surface area contributed by atoms with Crippen molar-refractivity contribution in [2.45, 2.75) is 26.3 Å². The first-order valence-electron chi connectivity index (χ1n) is 13.1. The number of aromatic nitrogens is 2. The lowest BCUT2D eigenvalue weighted by Gasteiger charge is -2.17. The topological polar surface area (TPSA) is 146 Å². The summed E-state index contributed by atoms with van der Waals surface area (Å²) in [5.74, 6) is -0.686. The minimum atomic E-state index is -0.744. The van der Waals surface area contributed by atoms with Crippen LogP contribution in [0.25, 0.3) is 21.6 Å². The molecular formula is C30H29N5O5S. The average Bonchev–Trinajstić information content (AvgIpc) is 3.40. The second-order valence-corrected chi connectivity index (χ2v) is 10.2. The molecule has 0 saturated heterocycles. The van der Waals surface area contributed by atoms with Gasteiger partial charge in [-0.2, -0.15) is 0 Å². The molecule has 0 spiro atoms. The Bertz CT molecular complexity index is 1620. The molecule has 0 radical (unpaired) electrons. The van der Waals surface area contributed by atoms with Crippen LogP contribution >= 0.6 is 11.3 Å². The van der Waals surface area contributed by atoms with Crippen molar-refractivity contribution in [2.75, 3.05) is 25.6 Å². The zero-order chi connectivity index (χ0) is 28.9. The van der Waals surface area contributed by atoms with Crippen LogP contribution in [0.2, 0.25) is 0 Å². The summed E-state index contributed by atoms with van der Waals surface area (Å²) in [6.07, 6.45) is 3.07. The van der Waals surface area contributed by atoms with Crippen LogP contribution in [0.3, 0.4) is 0 Å². The molecule has 2 amide bonds. The van der Waals surface area contributed by atoms with Crippen molar-refractivity contribution in [1.82, 2.24) is 15.3 Å². The molecular weight excluding hydrogens is 542 g/mol. The molecule has 3 aromatic heterocycles. The molecule has 0 bridgehead atoms. The van der Waals surface area contributed by atoms with Gasteiger partial charge in [0.05, 0.1) is 13.7 Å². The van der Waals surface area contributed by atoms with E-state index in [0.29, 0.717) is 42.4 Å². The molecule has 0 aliphatic carbocycles. The van der Waals surface area contributed by atoms with Crippen LogP contribution in [-0.4, -0.2) is 48.0 Å². The summed E-state index contributed by atoms with van der Waals surface area (Å²) in [4.78, 5) is 49.0.